The maximum absolute atomic E-state index is 11.6. The van der Waals surface area contributed by atoms with Crippen molar-refractivity contribution in [1.82, 2.24) is 0 Å². The zero-order valence-electron chi connectivity index (χ0n) is 21.1. The van der Waals surface area contributed by atoms with Gasteiger partial charge in [0.05, 0.1) is 29.9 Å². The number of hydrogen-bond acceptors (Lipinski definition) is 12. The zero-order chi connectivity index (χ0) is 31.4. The fraction of sp³-hybridized carbons (Fsp3) is 0.160. The van der Waals surface area contributed by atoms with Crippen LogP contribution >= 0.6 is 0 Å². The standard InChI is InChI=1S/C16H14O6.C7H6O3.C2H6O2.H2O4S/c17-13-5-1-11(2-6-13)15(19)21-9-10-22-16(20)12-3-7-14(18)8-4-12;8-6-3-1-5(2-4-6)7(9)10;3-1-2-4;1-5(2,3)4/h1-8,17-18H,9-10H2;1-4,8H,(H,9,10);3-4H,1-2H2;(H2,1,2,3,4). The molecule has 0 atom stereocenters. The second-order valence-corrected chi connectivity index (χ2v) is 8.01. The number of ether oxygens (including phenoxy) is 2. The predicted molar refractivity (Wildman–Crippen MR) is 140 cm³/mol. The van der Waals surface area contributed by atoms with E-state index in [1.54, 1.807) is 0 Å². The van der Waals surface area contributed by atoms with E-state index >= 15 is 0 Å². The third-order valence-electron chi connectivity index (χ3n) is 3.97. The quantitative estimate of drug-likeness (QED) is 0.108. The monoisotopic (exact) mass is 600 g/mol. The van der Waals surface area contributed by atoms with E-state index in [1.807, 2.05) is 0 Å². The molecule has 0 aliphatic rings. The number of phenols is 3. The van der Waals surface area contributed by atoms with Gasteiger partial charge in [-0.1, -0.05) is 0 Å². The van der Waals surface area contributed by atoms with Crippen LogP contribution in [0.25, 0.3) is 0 Å². The Balaban J connectivity index is 0.000000690. The second kappa shape index (κ2) is 19.3. The number of rotatable bonds is 7. The van der Waals surface area contributed by atoms with Crippen LogP contribution in [0.5, 0.6) is 17.2 Å². The van der Waals surface area contributed by atoms with Crippen LogP contribution < -0.4 is 0 Å². The molecule has 0 aromatic heterocycles. The fourth-order valence-corrected chi connectivity index (χ4v) is 2.23. The molecule has 0 bridgehead atoms. The van der Waals surface area contributed by atoms with Gasteiger partial charge in [-0.2, -0.15) is 8.42 Å². The smallest absolute Gasteiger partial charge is 0.394 e. The average molecular weight is 601 g/mol. The molecule has 8 N–H and O–H groups in total. The van der Waals surface area contributed by atoms with Crippen LogP contribution in [0.1, 0.15) is 31.1 Å². The molecule has 0 saturated carbocycles. The number of aromatic carboxylic acids is 1. The van der Waals surface area contributed by atoms with Crippen LogP contribution in [-0.2, 0) is 19.9 Å². The van der Waals surface area contributed by atoms with Crippen LogP contribution in [0.2, 0.25) is 0 Å². The van der Waals surface area contributed by atoms with Crippen LogP contribution in [0.15, 0.2) is 72.8 Å². The highest BCUT2D eigenvalue weighted by molar-refractivity contribution is 7.79. The van der Waals surface area contributed by atoms with Crippen molar-refractivity contribution in [2.24, 2.45) is 0 Å². The number of aliphatic hydroxyl groups is 2. The lowest BCUT2D eigenvalue weighted by molar-refractivity contribution is 0.0265. The molecule has 16 heteroatoms. The molecular weight excluding hydrogens is 572 g/mol. The van der Waals surface area contributed by atoms with Gasteiger partial charge in [0, 0.05) is 0 Å². The number of phenolic OH excluding ortho intramolecular Hbond substituents is 3. The summed E-state index contributed by atoms with van der Waals surface area (Å²) < 4.78 is 41.5. The van der Waals surface area contributed by atoms with Crippen LogP contribution in [0.3, 0.4) is 0 Å². The van der Waals surface area contributed by atoms with Gasteiger partial charge in [0.25, 0.3) is 0 Å². The first kappa shape index (κ1) is 36.3. The highest BCUT2D eigenvalue weighted by Crippen LogP contribution is 2.12. The van der Waals surface area contributed by atoms with Crippen molar-refractivity contribution in [1.29, 1.82) is 0 Å². The molecule has 3 rings (SSSR count). The molecule has 41 heavy (non-hydrogen) atoms. The van der Waals surface area contributed by atoms with Gasteiger partial charge < -0.3 is 40.1 Å². The fourth-order valence-electron chi connectivity index (χ4n) is 2.23. The van der Waals surface area contributed by atoms with Gasteiger partial charge in [-0.15, -0.1) is 0 Å². The Morgan fingerprint density at radius 1 is 0.561 bits per heavy atom. The second-order valence-electron chi connectivity index (χ2n) is 7.11. The van der Waals surface area contributed by atoms with Gasteiger partial charge in [0.2, 0.25) is 0 Å². The van der Waals surface area contributed by atoms with E-state index in [4.69, 9.17) is 57.6 Å². The summed E-state index contributed by atoms with van der Waals surface area (Å²) in [6, 6.07) is 16.6. The number of carbonyl (C=O) groups is 3. The molecule has 0 radical (unpaired) electrons. The molecule has 3 aromatic carbocycles. The Hall–Kier alpha value is -4.74. The Morgan fingerprint density at radius 3 is 1.02 bits per heavy atom. The minimum atomic E-state index is -4.67. The van der Waals surface area contributed by atoms with E-state index in [9.17, 15) is 14.4 Å². The maximum atomic E-state index is 11.6. The van der Waals surface area contributed by atoms with Crippen LogP contribution in [0.4, 0.5) is 0 Å². The summed E-state index contributed by atoms with van der Waals surface area (Å²) in [5.41, 5.74) is 0.767. The van der Waals surface area contributed by atoms with E-state index in [0.717, 1.165) is 0 Å². The molecule has 0 unspecified atom stereocenters. The number of esters is 2. The van der Waals surface area contributed by atoms with Crippen LogP contribution in [0, 0.1) is 0 Å². The highest BCUT2D eigenvalue weighted by atomic mass is 32.3. The van der Waals surface area contributed by atoms with Crippen LogP contribution in [-0.4, -0.2) is 92.5 Å². The van der Waals surface area contributed by atoms with Crippen molar-refractivity contribution in [3.05, 3.63) is 89.5 Å². The van der Waals surface area contributed by atoms with E-state index in [-0.39, 0.29) is 49.2 Å². The number of carboxylic acid groups (broad SMARTS) is 1. The van der Waals surface area contributed by atoms with Crippen molar-refractivity contribution < 1.29 is 72.0 Å². The molecule has 0 heterocycles. The summed E-state index contributed by atoms with van der Waals surface area (Å²) in [5, 5.41) is 50.6. The lowest BCUT2D eigenvalue weighted by Crippen LogP contribution is -2.14. The number of benzene rings is 3. The van der Waals surface area contributed by atoms with Gasteiger partial charge in [-0.3, -0.25) is 9.11 Å². The van der Waals surface area contributed by atoms with Gasteiger partial charge in [0.1, 0.15) is 30.5 Å². The largest absolute Gasteiger partial charge is 0.508 e. The Labute approximate surface area is 233 Å². The maximum Gasteiger partial charge on any atom is 0.394 e. The van der Waals surface area contributed by atoms with Gasteiger partial charge in [0.15, 0.2) is 0 Å². The van der Waals surface area contributed by atoms with Gasteiger partial charge >= 0.3 is 28.3 Å². The van der Waals surface area contributed by atoms with Crippen molar-refractivity contribution in [3.8, 4) is 17.2 Å². The summed E-state index contributed by atoms with van der Waals surface area (Å²) in [7, 11) is -4.67. The Morgan fingerprint density at radius 2 is 0.805 bits per heavy atom. The minimum Gasteiger partial charge on any atom is -0.508 e. The summed E-state index contributed by atoms with van der Waals surface area (Å²) in [6.07, 6.45) is 0. The Bertz CT molecular complexity index is 1240. The summed E-state index contributed by atoms with van der Waals surface area (Å²) in [5.74, 6) is -1.94. The molecule has 0 aliphatic heterocycles. The SMILES string of the molecule is O=C(O)c1ccc(O)cc1.O=C(OCCOC(=O)c1ccc(O)cc1)c1ccc(O)cc1.O=S(=O)(O)O.OCCO. The zero-order valence-corrected chi connectivity index (χ0v) is 21.9. The lowest BCUT2D eigenvalue weighted by atomic mass is 10.2. The van der Waals surface area contributed by atoms with E-state index in [0.29, 0.717) is 11.1 Å². The molecule has 0 spiro atoms. The summed E-state index contributed by atoms with van der Waals surface area (Å²) in [6.45, 7) is -0.410. The number of aliphatic hydroxyl groups excluding tert-OH is 2. The van der Waals surface area contributed by atoms with E-state index in [1.165, 1.54) is 72.8 Å². The van der Waals surface area contributed by atoms with Gasteiger partial charge in [-0.05, 0) is 72.8 Å². The molecule has 0 amide bonds. The normalized spacial score (nSPS) is 9.76. The minimum absolute atomic E-state index is 0.0550. The van der Waals surface area contributed by atoms with E-state index in [2.05, 4.69) is 0 Å². The van der Waals surface area contributed by atoms with Crippen molar-refractivity contribution in [2.45, 2.75) is 0 Å². The predicted octanol–water partition coefficient (Wildman–Crippen LogP) is 1.52. The molecule has 0 saturated heterocycles. The molecular formula is C25H28O15S. The van der Waals surface area contributed by atoms with Crippen molar-refractivity contribution >= 4 is 28.3 Å². The third-order valence-corrected chi connectivity index (χ3v) is 3.97. The van der Waals surface area contributed by atoms with Crippen molar-refractivity contribution in [3.63, 3.8) is 0 Å². The number of aromatic hydroxyl groups is 3. The molecule has 15 nitrogen and oxygen atoms in total. The van der Waals surface area contributed by atoms with E-state index < -0.39 is 28.3 Å². The first-order valence-corrected chi connectivity index (χ1v) is 12.4. The third kappa shape index (κ3) is 19.0. The number of carbonyl (C=O) groups excluding carboxylic acids is 2. The molecule has 3 aromatic rings. The summed E-state index contributed by atoms with van der Waals surface area (Å²) in [4.78, 5) is 33.5. The number of hydrogen-bond donors (Lipinski definition) is 8. The Kier molecular flexibility index (Phi) is 17.1. The van der Waals surface area contributed by atoms with Crippen molar-refractivity contribution in [2.75, 3.05) is 26.4 Å². The highest BCUT2D eigenvalue weighted by Gasteiger charge is 2.09. The first-order valence-electron chi connectivity index (χ1n) is 11.0. The first-order chi connectivity index (χ1) is 19.2. The molecule has 0 aliphatic carbocycles. The molecule has 0 fully saturated rings. The average Bonchev–Trinajstić information content (AvgIpc) is 2.91. The summed E-state index contributed by atoms with van der Waals surface area (Å²) >= 11 is 0. The topological polar surface area (TPSA) is 266 Å². The van der Waals surface area contributed by atoms with Gasteiger partial charge in [-0.25, -0.2) is 14.4 Å². The molecule has 224 valence electrons. The lowest BCUT2D eigenvalue weighted by Gasteiger charge is -2.06. The number of carboxylic acids is 1.